The molecular formula is C6H8FNO2. The zero-order chi connectivity index (χ0) is 7.56. The fourth-order valence-electron chi connectivity index (χ4n) is 0.622. The number of hydrogen-bond acceptors (Lipinski definition) is 3. The van der Waals surface area contributed by atoms with Gasteiger partial charge in [0.15, 0.2) is 0 Å². The Morgan fingerprint density at radius 2 is 2.60 bits per heavy atom. The predicted molar refractivity (Wildman–Crippen MR) is 32.2 cm³/mol. The van der Waals surface area contributed by atoms with Crippen LogP contribution in [0.25, 0.3) is 0 Å². The van der Waals surface area contributed by atoms with Crippen LogP contribution in [0.2, 0.25) is 0 Å². The Labute approximate surface area is 57.5 Å². The van der Waals surface area contributed by atoms with E-state index < -0.39 is 12.8 Å². The van der Waals surface area contributed by atoms with E-state index in [2.05, 4.69) is 9.68 Å². The molecule has 0 aliphatic carbocycles. The third-order valence-corrected chi connectivity index (χ3v) is 1.13. The van der Waals surface area contributed by atoms with Crippen molar-refractivity contribution in [1.29, 1.82) is 0 Å². The fourth-order valence-corrected chi connectivity index (χ4v) is 0.622. The first-order valence-electron chi connectivity index (χ1n) is 2.91. The normalized spacial score (nSPS) is 13.5. The summed E-state index contributed by atoms with van der Waals surface area (Å²) in [6, 6.07) is 1.50. The van der Waals surface area contributed by atoms with Gasteiger partial charge in [-0.05, 0) is 6.92 Å². The Hall–Kier alpha value is -0.900. The molecule has 0 fully saturated rings. The van der Waals surface area contributed by atoms with E-state index in [1.165, 1.54) is 6.07 Å². The lowest BCUT2D eigenvalue weighted by atomic mass is 10.3. The van der Waals surface area contributed by atoms with Crippen molar-refractivity contribution in [1.82, 2.24) is 5.16 Å². The van der Waals surface area contributed by atoms with Crippen molar-refractivity contribution in [3.8, 4) is 0 Å². The predicted octanol–water partition coefficient (Wildman–Crippen LogP) is 0.986. The first kappa shape index (κ1) is 7.21. The summed E-state index contributed by atoms with van der Waals surface area (Å²) in [5.41, 5.74) is 0.250. The zero-order valence-electron chi connectivity index (χ0n) is 5.54. The van der Waals surface area contributed by atoms with E-state index in [0.29, 0.717) is 5.76 Å². The van der Waals surface area contributed by atoms with Crippen LogP contribution in [0.15, 0.2) is 10.6 Å². The maximum absolute atomic E-state index is 11.7. The monoisotopic (exact) mass is 145 g/mol. The van der Waals surface area contributed by atoms with Gasteiger partial charge in [-0.15, -0.1) is 0 Å². The lowest BCUT2D eigenvalue weighted by molar-refractivity contribution is 0.133. The summed E-state index contributed by atoms with van der Waals surface area (Å²) in [7, 11) is 0. The minimum Gasteiger partial charge on any atom is -0.384 e. The third-order valence-electron chi connectivity index (χ3n) is 1.13. The van der Waals surface area contributed by atoms with Crippen molar-refractivity contribution in [3.05, 3.63) is 17.5 Å². The number of hydrogen-bond donors (Lipinski definition) is 1. The quantitative estimate of drug-likeness (QED) is 0.674. The highest BCUT2D eigenvalue weighted by Crippen LogP contribution is 2.11. The number of aryl methyl sites for hydroxylation is 1. The lowest BCUT2D eigenvalue weighted by Gasteiger charge is -1.96. The molecule has 3 nitrogen and oxygen atoms in total. The van der Waals surface area contributed by atoms with Gasteiger partial charge in [0.25, 0.3) is 0 Å². The maximum atomic E-state index is 11.7. The summed E-state index contributed by atoms with van der Waals surface area (Å²) in [6.45, 7) is 0.855. The number of aromatic nitrogens is 1. The average molecular weight is 145 g/mol. The molecule has 1 heterocycles. The van der Waals surface area contributed by atoms with Gasteiger partial charge in [0, 0.05) is 6.07 Å². The van der Waals surface area contributed by atoms with Crippen molar-refractivity contribution in [3.63, 3.8) is 0 Å². The number of nitrogens with zero attached hydrogens (tertiary/aromatic N) is 1. The molecule has 1 aromatic rings. The minimum absolute atomic E-state index is 0.250. The Morgan fingerprint density at radius 1 is 1.90 bits per heavy atom. The van der Waals surface area contributed by atoms with Crippen molar-refractivity contribution in [2.45, 2.75) is 13.0 Å². The van der Waals surface area contributed by atoms with E-state index in [-0.39, 0.29) is 5.69 Å². The minimum atomic E-state index is -1.14. The molecule has 4 heteroatoms. The molecule has 0 spiro atoms. The first-order valence-corrected chi connectivity index (χ1v) is 2.91. The second-order valence-electron chi connectivity index (χ2n) is 2.03. The van der Waals surface area contributed by atoms with Crippen LogP contribution in [0.3, 0.4) is 0 Å². The summed E-state index contributed by atoms with van der Waals surface area (Å²) >= 11 is 0. The van der Waals surface area contributed by atoms with Crippen LogP contribution in [0.5, 0.6) is 0 Å². The van der Waals surface area contributed by atoms with Crippen molar-refractivity contribution in [2.24, 2.45) is 0 Å². The Morgan fingerprint density at radius 3 is 3.00 bits per heavy atom. The van der Waals surface area contributed by atoms with Crippen LogP contribution >= 0.6 is 0 Å². The summed E-state index contributed by atoms with van der Waals surface area (Å²) in [6.07, 6.45) is -1.14. The standard InChI is InChI=1S/C6H8FNO2/c1-4-2-5(8-10-4)6(9)3-7/h2,6,9H,3H2,1H3. The Bertz CT molecular complexity index is 211. The molecule has 10 heavy (non-hydrogen) atoms. The molecule has 1 atom stereocenters. The summed E-state index contributed by atoms with van der Waals surface area (Å²) in [4.78, 5) is 0. The van der Waals surface area contributed by atoms with Crippen LogP contribution < -0.4 is 0 Å². The van der Waals surface area contributed by atoms with Crippen LogP contribution in [0.4, 0.5) is 4.39 Å². The van der Waals surface area contributed by atoms with Gasteiger partial charge in [-0.3, -0.25) is 0 Å². The highest BCUT2D eigenvalue weighted by Gasteiger charge is 2.10. The molecule has 1 unspecified atom stereocenters. The first-order chi connectivity index (χ1) is 4.74. The van der Waals surface area contributed by atoms with Gasteiger partial charge in [-0.25, -0.2) is 4.39 Å². The zero-order valence-corrected chi connectivity index (χ0v) is 5.54. The van der Waals surface area contributed by atoms with E-state index in [1.807, 2.05) is 0 Å². The molecule has 1 N–H and O–H groups in total. The highest BCUT2D eigenvalue weighted by atomic mass is 19.1. The molecule has 0 saturated heterocycles. The number of aliphatic hydroxyl groups excluding tert-OH is 1. The summed E-state index contributed by atoms with van der Waals surface area (Å²) < 4.78 is 16.4. The Kier molecular flexibility index (Phi) is 2.01. The van der Waals surface area contributed by atoms with Gasteiger partial charge in [0.05, 0.1) is 0 Å². The molecular weight excluding hydrogens is 137 g/mol. The van der Waals surface area contributed by atoms with Gasteiger partial charge < -0.3 is 9.63 Å². The second-order valence-corrected chi connectivity index (χ2v) is 2.03. The summed E-state index contributed by atoms with van der Waals surface area (Å²) in [5.74, 6) is 0.572. The van der Waals surface area contributed by atoms with Crippen molar-refractivity contribution < 1.29 is 14.0 Å². The largest absolute Gasteiger partial charge is 0.384 e. The molecule has 0 amide bonds. The van der Waals surface area contributed by atoms with E-state index >= 15 is 0 Å². The topological polar surface area (TPSA) is 46.3 Å². The fraction of sp³-hybridized carbons (Fsp3) is 0.500. The van der Waals surface area contributed by atoms with Crippen molar-refractivity contribution in [2.75, 3.05) is 6.67 Å². The van der Waals surface area contributed by atoms with Crippen LogP contribution in [-0.2, 0) is 0 Å². The highest BCUT2D eigenvalue weighted by molar-refractivity contribution is 5.06. The number of aliphatic hydroxyl groups is 1. The Balaban J connectivity index is 2.74. The molecule has 56 valence electrons. The van der Waals surface area contributed by atoms with E-state index in [4.69, 9.17) is 5.11 Å². The molecule has 1 rings (SSSR count). The number of alkyl halides is 1. The second kappa shape index (κ2) is 2.79. The smallest absolute Gasteiger partial charge is 0.134 e. The van der Waals surface area contributed by atoms with Gasteiger partial charge in [-0.2, -0.15) is 0 Å². The lowest BCUT2D eigenvalue weighted by Crippen LogP contribution is -1.98. The molecule has 0 aromatic carbocycles. The number of rotatable bonds is 2. The molecule has 0 saturated carbocycles. The molecule has 0 aliphatic heterocycles. The maximum Gasteiger partial charge on any atom is 0.134 e. The molecule has 0 aliphatic rings. The van der Waals surface area contributed by atoms with E-state index in [1.54, 1.807) is 6.92 Å². The number of halogens is 1. The van der Waals surface area contributed by atoms with Gasteiger partial charge in [0.1, 0.15) is 24.2 Å². The van der Waals surface area contributed by atoms with Gasteiger partial charge in [-0.1, -0.05) is 5.16 Å². The molecule has 0 radical (unpaired) electrons. The van der Waals surface area contributed by atoms with Gasteiger partial charge >= 0.3 is 0 Å². The van der Waals surface area contributed by atoms with Crippen LogP contribution in [0, 0.1) is 6.92 Å². The van der Waals surface area contributed by atoms with Crippen LogP contribution in [0.1, 0.15) is 17.6 Å². The van der Waals surface area contributed by atoms with E-state index in [9.17, 15) is 4.39 Å². The molecule has 1 aromatic heterocycles. The third kappa shape index (κ3) is 1.33. The van der Waals surface area contributed by atoms with Gasteiger partial charge in [0.2, 0.25) is 0 Å². The van der Waals surface area contributed by atoms with E-state index in [0.717, 1.165) is 0 Å². The average Bonchev–Trinajstić information content (AvgIpc) is 2.34. The van der Waals surface area contributed by atoms with Crippen molar-refractivity contribution >= 4 is 0 Å². The van der Waals surface area contributed by atoms with Crippen LogP contribution in [-0.4, -0.2) is 16.9 Å². The SMILES string of the molecule is Cc1cc(C(O)CF)no1. The summed E-state index contributed by atoms with van der Waals surface area (Å²) in [5, 5.41) is 12.3. The molecule has 0 bridgehead atoms.